The molecule has 2 aromatic carbocycles. The number of aromatic nitrogens is 1. The van der Waals surface area contributed by atoms with Crippen molar-refractivity contribution in [3.63, 3.8) is 0 Å². The van der Waals surface area contributed by atoms with Gasteiger partial charge in [-0.2, -0.15) is 0 Å². The number of rotatable bonds is 10. The molecule has 0 bridgehead atoms. The average Bonchev–Trinajstić information content (AvgIpc) is 3.24. The van der Waals surface area contributed by atoms with Gasteiger partial charge in [-0.15, -0.1) is 0 Å². The summed E-state index contributed by atoms with van der Waals surface area (Å²) in [6.45, 7) is 0.0551. The highest BCUT2D eigenvalue weighted by molar-refractivity contribution is 5.68. The molecule has 1 aromatic heterocycles. The number of aliphatic carboxylic acids is 1. The van der Waals surface area contributed by atoms with Gasteiger partial charge in [0, 0.05) is 6.42 Å². The number of carboxylic acid groups (broad SMARTS) is 1. The van der Waals surface area contributed by atoms with Crippen LogP contribution in [0, 0.1) is 5.82 Å². The van der Waals surface area contributed by atoms with Crippen molar-refractivity contribution < 1.29 is 33.0 Å². The maximum absolute atomic E-state index is 14.7. The van der Waals surface area contributed by atoms with Crippen molar-refractivity contribution in [2.24, 2.45) is 0 Å². The van der Waals surface area contributed by atoms with Crippen molar-refractivity contribution in [1.82, 2.24) is 5.16 Å². The third-order valence-electron chi connectivity index (χ3n) is 5.87. The van der Waals surface area contributed by atoms with Crippen LogP contribution in [0.25, 0.3) is 11.3 Å². The van der Waals surface area contributed by atoms with Crippen molar-refractivity contribution in [3.8, 4) is 28.6 Å². The molecular weight excluding hydrogens is 441 g/mol. The summed E-state index contributed by atoms with van der Waals surface area (Å²) < 4.78 is 37.8. The summed E-state index contributed by atoms with van der Waals surface area (Å²) in [7, 11) is 1.51. The predicted octanol–water partition coefficient (Wildman–Crippen LogP) is 5.80. The molecule has 0 radical (unpaired) electrons. The van der Waals surface area contributed by atoms with E-state index in [-0.39, 0.29) is 30.5 Å². The molecule has 8 heteroatoms. The van der Waals surface area contributed by atoms with E-state index in [1.165, 1.54) is 25.7 Å². The molecule has 1 fully saturated rings. The van der Waals surface area contributed by atoms with E-state index in [0.29, 0.717) is 29.4 Å². The van der Waals surface area contributed by atoms with E-state index in [0.717, 1.165) is 31.2 Å². The number of benzene rings is 2. The smallest absolute Gasteiger partial charge is 0.303 e. The van der Waals surface area contributed by atoms with Gasteiger partial charge in [0.1, 0.15) is 23.9 Å². The van der Waals surface area contributed by atoms with E-state index in [4.69, 9.17) is 23.8 Å². The lowest BCUT2D eigenvalue weighted by atomic mass is 9.97. The first-order valence-electron chi connectivity index (χ1n) is 11.5. The number of hydrogen-bond acceptors (Lipinski definition) is 6. The van der Waals surface area contributed by atoms with Crippen LogP contribution in [0.2, 0.25) is 0 Å². The van der Waals surface area contributed by atoms with Crippen molar-refractivity contribution in [2.75, 3.05) is 7.11 Å². The molecule has 3 aromatic rings. The van der Waals surface area contributed by atoms with Gasteiger partial charge in [0.15, 0.2) is 11.4 Å². The summed E-state index contributed by atoms with van der Waals surface area (Å²) in [5.41, 5.74) is 1.50. The Morgan fingerprint density at radius 3 is 2.74 bits per heavy atom. The Labute approximate surface area is 197 Å². The van der Waals surface area contributed by atoms with Crippen LogP contribution < -0.4 is 14.2 Å². The highest BCUT2D eigenvalue weighted by Crippen LogP contribution is 2.39. The Morgan fingerprint density at radius 2 is 1.97 bits per heavy atom. The normalized spacial score (nSPS) is 14.1. The van der Waals surface area contributed by atoms with Crippen molar-refractivity contribution in [1.29, 1.82) is 0 Å². The van der Waals surface area contributed by atoms with E-state index >= 15 is 0 Å². The highest BCUT2D eigenvalue weighted by atomic mass is 19.1. The van der Waals surface area contributed by atoms with E-state index in [1.54, 1.807) is 18.2 Å². The first-order chi connectivity index (χ1) is 16.5. The Balaban J connectivity index is 1.58. The van der Waals surface area contributed by atoms with Crippen LogP contribution in [0.4, 0.5) is 4.39 Å². The molecule has 0 unspecified atom stereocenters. The maximum Gasteiger partial charge on any atom is 0.303 e. The molecule has 0 aliphatic heterocycles. The van der Waals surface area contributed by atoms with Crippen LogP contribution >= 0.6 is 0 Å². The monoisotopic (exact) mass is 469 g/mol. The van der Waals surface area contributed by atoms with Crippen LogP contribution in [0.15, 0.2) is 47.0 Å². The average molecular weight is 470 g/mol. The zero-order valence-electron chi connectivity index (χ0n) is 19.1. The zero-order valence-corrected chi connectivity index (χ0v) is 19.1. The maximum atomic E-state index is 14.7. The van der Waals surface area contributed by atoms with Gasteiger partial charge in [-0.1, -0.05) is 23.7 Å². The largest absolute Gasteiger partial charge is 0.497 e. The Kier molecular flexibility index (Phi) is 7.67. The standard InChI is InChI=1S/C26H28FNO6/c1-31-19-11-12-22(27)21(15-19)25-26(33-18-7-3-2-4-8-18)23(28-34-25)16-32-20-9-5-6-17(14-20)10-13-24(29)30/h5-6,9,11-12,14-15,18H,2-4,7-8,10,13,16H2,1H3,(H,29,30). The van der Waals surface area contributed by atoms with Gasteiger partial charge < -0.3 is 23.8 Å². The first kappa shape index (κ1) is 23.6. The number of hydrogen-bond donors (Lipinski definition) is 1. The molecule has 180 valence electrons. The minimum Gasteiger partial charge on any atom is -0.497 e. The Bertz CT molecular complexity index is 1120. The molecule has 0 atom stereocenters. The second-order valence-corrected chi connectivity index (χ2v) is 8.34. The van der Waals surface area contributed by atoms with Gasteiger partial charge in [-0.3, -0.25) is 4.79 Å². The second kappa shape index (κ2) is 11.0. The predicted molar refractivity (Wildman–Crippen MR) is 123 cm³/mol. The molecule has 0 saturated heterocycles. The molecule has 1 saturated carbocycles. The highest BCUT2D eigenvalue weighted by Gasteiger charge is 2.26. The molecule has 0 amide bonds. The number of carboxylic acids is 1. The summed E-state index contributed by atoms with van der Waals surface area (Å²) in [6, 6.07) is 11.7. The molecule has 1 aliphatic rings. The third kappa shape index (κ3) is 5.87. The molecule has 1 N–H and O–H groups in total. The minimum atomic E-state index is -0.851. The number of halogens is 1. The first-order valence-corrected chi connectivity index (χ1v) is 11.5. The Hall–Kier alpha value is -3.55. The van der Waals surface area contributed by atoms with Crippen molar-refractivity contribution in [3.05, 3.63) is 59.5 Å². The van der Waals surface area contributed by atoms with Crippen LogP contribution in [0.3, 0.4) is 0 Å². The number of ether oxygens (including phenoxy) is 3. The topological polar surface area (TPSA) is 91.0 Å². The van der Waals surface area contributed by atoms with Crippen LogP contribution in [-0.4, -0.2) is 29.4 Å². The molecule has 0 spiro atoms. The van der Waals surface area contributed by atoms with Gasteiger partial charge >= 0.3 is 5.97 Å². The molecule has 4 rings (SSSR count). The van der Waals surface area contributed by atoms with Gasteiger partial charge in [0.2, 0.25) is 5.76 Å². The second-order valence-electron chi connectivity index (χ2n) is 8.34. The summed E-state index contributed by atoms with van der Waals surface area (Å²) in [6.07, 6.45) is 5.61. The van der Waals surface area contributed by atoms with Gasteiger partial charge in [-0.05, 0) is 68.0 Å². The summed E-state index contributed by atoms with van der Waals surface area (Å²) >= 11 is 0. The Morgan fingerprint density at radius 1 is 1.15 bits per heavy atom. The van der Waals surface area contributed by atoms with Crippen LogP contribution in [-0.2, 0) is 17.8 Å². The van der Waals surface area contributed by atoms with Gasteiger partial charge in [0.25, 0.3) is 0 Å². The number of nitrogens with zero attached hydrogens (tertiary/aromatic N) is 1. The third-order valence-corrected chi connectivity index (χ3v) is 5.87. The van der Waals surface area contributed by atoms with Crippen molar-refractivity contribution in [2.45, 2.75) is 57.7 Å². The summed E-state index contributed by atoms with van der Waals surface area (Å²) in [5, 5.41) is 13.1. The minimum absolute atomic E-state index is 0.00124. The molecule has 1 aliphatic carbocycles. The summed E-state index contributed by atoms with van der Waals surface area (Å²) in [5.74, 6) is 0.327. The van der Waals surface area contributed by atoms with Crippen LogP contribution in [0.1, 0.15) is 49.8 Å². The quantitative estimate of drug-likeness (QED) is 0.401. The SMILES string of the molecule is COc1ccc(F)c(-c2onc(COc3cccc(CCC(=O)O)c3)c2OC2CCCCC2)c1. The van der Waals surface area contributed by atoms with E-state index in [1.807, 2.05) is 12.1 Å². The fraction of sp³-hybridized carbons (Fsp3) is 0.385. The lowest BCUT2D eigenvalue weighted by Gasteiger charge is -2.23. The van der Waals surface area contributed by atoms with E-state index in [9.17, 15) is 9.18 Å². The molecule has 1 heterocycles. The number of aryl methyl sites for hydroxylation is 1. The fourth-order valence-corrected chi connectivity index (χ4v) is 4.05. The summed E-state index contributed by atoms with van der Waals surface area (Å²) in [4.78, 5) is 10.9. The number of carbonyl (C=O) groups is 1. The van der Waals surface area contributed by atoms with Gasteiger partial charge in [0.05, 0.1) is 18.8 Å². The fourth-order valence-electron chi connectivity index (χ4n) is 4.05. The van der Waals surface area contributed by atoms with Crippen LogP contribution in [0.5, 0.6) is 17.2 Å². The lowest BCUT2D eigenvalue weighted by Crippen LogP contribution is -2.20. The zero-order chi connectivity index (χ0) is 23.9. The molecule has 34 heavy (non-hydrogen) atoms. The van der Waals surface area contributed by atoms with Crippen molar-refractivity contribution >= 4 is 5.97 Å². The van der Waals surface area contributed by atoms with E-state index in [2.05, 4.69) is 5.16 Å². The van der Waals surface area contributed by atoms with E-state index < -0.39 is 11.8 Å². The molecule has 7 nitrogen and oxygen atoms in total. The van der Waals surface area contributed by atoms with Gasteiger partial charge in [-0.25, -0.2) is 4.39 Å². The lowest BCUT2D eigenvalue weighted by molar-refractivity contribution is -0.136. The molecular formula is C26H28FNO6. The number of methoxy groups -OCH3 is 1.